The fourth-order valence-electron chi connectivity index (χ4n) is 3.57. The normalized spacial score (nSPS) is 10.9. The Morgan fingerprint density at radius 1 is 1.03 bits per heavy atom. The second-order valence-corrected chi connectivity index (χ2v) is 8.07. The number of benzene rings is 1. The number of unbranched alkanes of at least 4 members (excludes halogenated alkanes) is 4. The number of ether oxygens (including phenoxy) is 1. The summed E-state index contributed by atoms with van der Waals surface area (Å²) in [5.41, 5.74) is 2.53. The van der Waals surface area contributed by atoms with Crippen molar-refractivity contribution < 1.29 is 13.9 Å². The molecular formula is C26H29NO5. The van der Waals surface area contributed by atoms with Crippen LogP contribution in [0.3, 0.4) is 0 Å². The minimum absolute atomic E-state index is 0.117. The van der Waals surface area contributed by atoms with Crippen LogP contribution in [0.25, 0.3) is 22.1 Å². The zero-order valence-electron chi connectivity index (χ0n) is 18.7. The number of rotatable bonds is 10. The summed E-state index contributed by atoms with van der Waals surface area (Å²) in [6.45, 7) is 8.08. The highest BCUT2D eigenvalue weighted by molar-refractivity contribution is 5.86. The highest BCUT2D eigenvalue weighted by atomic mass is 16.5. The molecule has 32 heavy (non-hydrogen) atoms. The van der Waals surface area contributed by atoms with Crippen molar-refractivity contribution in [2.24, 2.45) is 0 Å². The minimum atomic E-state index is -0.413. The molecule has 0 fully saturated rings. The highest BCUT2D eigenvalue weighted by Gasteiger charge is 2.11. The Morgan fingerprint density at radius 2 is 1.75 bits per heavy atom. The standard InChI is InChI=1S/C26H29NO5/c1-18(2)25(29)31-14-10-6-4-5-9-13-27-17-23-20(16-24(27)28)15-22(26(30)32-23)21-12-8-7-11-19(21)3/h7-8,11-12,15-17H,1,4-6,9-10,13-14H2,2-3H3. The fourth-order valence-corrected chi connectivity index (χ4v) is 3.57. The molecule has 0 aliphatic carbocycles. The molecule has 0 N–H and O–H groups in total. The molecule has 3 rings (SSSR count). The van der Waals surface area contributed by atoms with E-state index < -0.39 is 5.63 Å². The van der Waals surface area contributed by atoms with Gasteiger partial charge in [0.2, 0.25) is 0 Å². The number of hydrogen-bond donors (Lipinski definition) is 0. The van der Waals surface area contributed by atoms with E-state index in [2.05, 4.69) is 6.58 Å². The zero-order valence-corrected chi connectivity index (χ0v) is 18.7. The minimum Gasteiger partial charge on any atom is -0.462 e. The van der Waals surface area contributed by atoms with Gasteiger partial charge in [0.25, 0.3) is 5.56 Å². The number of nitrogens with zero attached hydrogens (tertiary/aromatic N) is 1. The molecule has 6 heteroatoms. The van der Waals surface area contributed by atoms with Crippen LogP contribution in [-0.4, -0.2) is 17.1 Å². The van der Waals surface area contributed by atoms with Gasteiger partial charge < -0.3 is 13.7 Å². The molecule has 0 unspecified atom stereocenters. The maximum atomic E-state index is 12.6. The van der Waals surface area contributed by atoms with E-state index in [-0.39, 0.29) is 11.5 Å². The lowest BCUT2D eigenvalue weighted by molar-refractivity contribution is -0.139. The van der Waals surface area contributed by atoms with Crippen molar-refractivity contribution in [2.45, 2.75) is 52.5 Å². The molecule has 0 spiro atoms. The molecule has 0 atom stereocenters. The topological polar surface area (TPSA) is 78.5 Å². The van der Waals surface area contributed by atoms with Crippen LogP contribution >= 0.6 is 0 Å². The van der Waals surface area contributed by atoms with Gasteiger partial charge in [-0.25, -0.2) is 9.59 Å². The molecule has 0 aliphatic heterocycles. The van der Waals surface area contributed by atoms with Gasteiger partial charge in [0.05, 0.1) is 18.4 Å². The number of aryl methyl sites for hydroxylation is 2. The molecule has 3 aromatic rings. The van der Waals surface area contributed by atoms with E-state index in [0.717, 1.165) is 43.2 Å². The highest BCUT2D eigenvalue weighted by Crippen LogP contribution is 2.23. The molecule has 1 aromatic carbocycles. The first kappa shape index (κ1) is 23.3. The first-order chi connectivity index (χ1) is 15.4. The van der Waals surface area contributed by atoms with E-state index in [0.29, 0.717) is 35.3 Å². The Balaban J connectivity index is 1.58. The average molecular weight is 436 g/mol. The number of carbonyl (C=O) groups is 1. The molecule has 0 bridgehead atoms. The smallest absolute Gasteiger partial charge is 0.344 e. The molecule has 2 heterocycles. The van der Waals surface area contributed by atoms with Crippen molar-refractivity contribution >= 4 is 16.9 Å². The third-order valence-electron chi connectivity index (χ3n) is 5.40. The third kappa shape index (κ3) is 5.84. The van der Waals surface area contributed by atoms with Gasteiger partial charge >= 0.3 is 11.6 Å². The summed E-state index contributed by atoms with van der Waals surface area (Å²) >= 11 is 0. The summed E-state index contributed by atoms with van der Waals surface area (Å²) in [5, 5.41) is 0.619. The molecule has 0 aliphatic rings. The predicted octanol–water partition coefficient (Wildman–Crippen LogP) is 5.00. The lowest BCUT2D eigenvalue weighted by Gasteiger charge is -2.09. The van der Waals surface area contributed by atoms with Crippen molar-refractivity contribution in [2.75, 3.05) is 6.61 Å². The van der Waals surface area contributed by atoms with E-state index in [9.17, 15) is 14.4 Å². The summed E-state index contributed by atoms with van der Waals surface area (Å²) in [4.78, 5) is 36.4. The maximum absolute atomic E-state index is 12.6. The number of carbonyl (C=O) groups excluding carboxylic acids is 1. The van der Waals surface area contributed by atoms with E-state index in [1.165, 1.54) is 6.07 Å². The summed E-state index contributed by atoms with van der Waals surface area (Å²) in [7, 11) is 0. The Kier molecular flexibility index (Phi) is 7.82. The van der Waals surface area contributed by atoms with Crippen LogP contribution in [0, 0.1) is 6.92 Å². The SMILES string of the molecule is C=C(C)C(=O)OCCCCCCCn1cc2oc(=O)c(-c3ccccc3C)cc2cc1=O. The number of aromatic nitrogens is 1. The molecule has 0 saturated heterocycles. The quantitative estimate of drug-likeness (QED) is 0.254. The lowest BCUT2D eigenvalue weighted by Crippen LogP contribution is -2.19. The van der Waals surface area contributed by atoms with Gasteiger partial charge in [0, 0.05) is 23.6 Å². The van der Waals surface area contributed by atoms with E-state index in [1.54, 1.807) is 23.8 Å². The summed E-state index contributed by atoms with van der Waals surface area (Å²) < 4.78 is 12.2. The second kappa shape index (κ2) is 10.8. The third-order valence-corrected chi connectivity index (χ3v) is 5.40. The van der Waals surface area contributed by atoms with Crippen molar-refractivity contribution in [1.29, 1.82) is 0 Å². The van der Waals surface area contributed by atoms with Crippen LogP contribution in [0.15, 0.2) is 68.8 Å². The lowest BCUT2D eigenvalue weighted by atomic mass is 10.0. The molecule has 0 radical (unpaired) electrons. The summed E-state index contributed by atoms with van der Waals surface area (Å²) in [6.07, 6.45) is 6.16. The predicted molar refractivity (Wildman–Crippen MR) is 126 cm³/mol. The summed E-state index contributed by atoms with van der Waals surface area (Å²) in [6, 6.07) is 10.9. The first-order valence-electron chi connectivity index (χ1n) is 10.9. The van der Waals surface area contributed by atoms with Crippen molar-refractivity contribution in [1.82, 2.24) is 4.57 Å². The van der Waals surface area contributed by atoms with E-state index in [1.807, 2.05) is 31.2 Å². The molecular weight excluding hydrogens is 406 g/mol. The number of hydrogen-bond acceptors (Lipinski definition) is 5. The van der Waals surface area contributed by atoms with Crippen LogP contribution < -0.4 is 11.2 Å². The number of pyridine rings is 1. The van der Waals surface area contributed by atoms with Gasteiger partial charge in [-0.2, -0.15) is 0 Å². The number of fused-ring (bicyclic) bond motifs is 1. The van der Waals surface area contributed by atoms with Gasteiger partial charge in [-0.1, -0.05) is 50.1 Å². The van der Waals surface area contributed by atoms with Crippen molar-refractivity contribution in [3.63, 3.8) is 0 Å². The maximum Gasteiger partial charge on any atom is 0.344 e. The van der Waals surface area contributed by atoms with E-state index in [4.69, 9.17) is 9.15 Å². The molecule has 168 valence electrons. The van der Waals surface area contributed by atoms with Crippen LogP contribution in [0.1, 0.15) is 44.6 Å². The van der Waals surface area contributed by atoms with Crippen LogP contribution in [0.2, 0.25) is 0 Å². The van der Waals surface area contributed by atoms with E-state index >= 15 is 0 Å². The monoisotopic (exact) mass is 435 g/mol. The van der Waals surface area contributed by atoms with Gasteiger partial charge in [-0.3, -0.25) is 4.79 Å². The van der Waals surface area contributed by atoms with Gasteiger partial charge in [0.1, 0.15) is 0 Å². The van der Waals surface area contributed by atoms with Crippen LogP contribution in [0.5, 0.6) is 0 Å². The van der Waals surface area contributed by atoms with Crippen LogP contribution in [0.4, 0.5) is 0 Å². The van der Waals surface area contributed by atoms with Crippen LogP contribution in [-0.2, 0) is 16.1 Å². The molecule has 0 saturated carbocycles. The fraction of sp³-hybridized carbons (Fsp3) is 0.346. The zero-order chi connectivity index (χ0) is 23.1. The number of esters is 1. The Hall–Kier alpha value is -3.41. The Bertz CT molecular complexity index is 1230. The Labute approximate surface area is 187 Å². The first-order valence-corrected chi connectivity index (χ1v) is 10.9. The Morgan fingerprint density at radius 3 is 2.50 bits per heavy atom. The van der Waals surface area contributed by atoms with Gasteiger partial charge in [-0.05, 0) is 43.9 Å². The van der Waals surface area contributed by atoms with Gasteiger partial charge in [0.15, 0.2) is 5.58 Å². The van der Waals surface area contributed by atoms with Crippen molar-refractivity contribution in [3.8, 4) is 11.1 Å². The molecule has 0 amide bonds. The second-order valence-electron chi connectivity index (χ2n) is 8.07. The average Bonchev–Trinajstić information content (AvgIpc) is 2.76. The summed E-state index contributed by atoms with van der Waals surface area (Å²) in [5.74, 6) is -0.349. The largest absolute Gasteiger partial charge is 0.462 e. The molecule has 6 nitrogen and oxygen atoms in total. The molecule has 2 aromatic heterocycles. The van der Waals surface area contributed by atoms with Gasteiger partial charge in [-0.15, -0.1) is 0 Å². The van der Waals surface area contributed by atoms with Crippen molar-refractivity contribution in [3.05, 3.63) is 81.1 Å².